The molecule has 1 saturated heterocycles. The van der Waals surface area contributed by atoms with Gasteiger partial charge in [0.25, 0.3) is 0 Å². The topological polar surface area (TPSA) is 110 Å². The van der Waals surface area contributed by atoms with E-state index in [-0.39, 0.29) is 5.91 Å². The molecule has 7 heteroatoms. The highest BCUT2D eigenvalue weighted by atomic mass is 16.6. The Morgan fingerprint density at radius 2 is 0.907 bits per heavy atom. The third-order valence-corrected chi connectivity index (χ3v) is 9.24. The Morgan fingerprint density at radius 3 is 1.30 bits per heavy atom. The smallest absolute Gasteiger partial charge is 0.224 e. The first-order valence-corrected chi connectivity index (χ1v) is 18.6. The molecule has 1 heterocycles. The molecule has 0 radical (unpaired) electrons. The summed E-state index contributed by atoms with van der Waals surface area (Å²) >= 11 is 0. The number of nitrogens with zero attached hydrogens (tertiary/aromatic N) is 1. The van der Waals surface area contributed by atoms with Crippen LogP contribution >= 0.6 is 0 Å². The minimum absolute atomic E-state index is 0.0880. The summed E-state index contributed by atoms with van der Waals surface area (Å²) in [6.45, 7) is 4.46. The Morgan fingerprint density at radius 1 is 0.535 bits per heavy atom. The Labute approximate surface area is 265 Å². The fraction of sp³-hybridized carbons (Fsp3) is 0.972. The molecule has 43 heavy (non-hydrogen) atoms. The molecule has 0 aliphatic carbocycles. The van der Waals surface area contributed by atoms with Gasteiger partial charge in [-0.25, -0.2) is 0 Å². The molecule has 0 aromatic carbocycles. The van der Waals surface area contributed by atoms with Crippen molar-refractivity contribution >= 4 is 5.91 Å². The van der Waals surface area contributed by atoms with E-state index < -0.39 is 37.3 Å². The van der Waals surface area contributed by atoms with Gasteiger partial charge < -0.3 is 30.1 Å². The van der Waals surface area contributed by atoms with Crippen molar-refractivity contribution < 1.29 is 30.0 Å². The summed E-state index contributed by atoms with van der Waals surface area (Å²) in [5.74, 6) is -0.0880. The van der Waals surface area contributed by atoms with E-state index in [1.807, 2.05) is 0 Å². The second-order valence-electron chi connectivity index (χ2n) is 13.2. The summed E-state index contributed by atoms with van der Waals surface area (Å²) in [7, 11) is 0. The molecule has 1 rings (SSSR count). The first-order valence-electron chi connectivity index (χ1n) is 18.6. The molecule has 1 fully saturated rings. The zero-order valence-corrected chi connectivity index (χ0v) is 28.2. The van der Waals surface area contributed by atoms with Gasteiger partial charge in [0.1, 0.15) is 24.4 Å². The van der Waals surface area contributed by atoms with E-state index in [0.29, 0.717) is 13.0 Å². The Bertz CT molecular complexity index is 633. The summed E-state index contributed by atoms with van der Waals surface area (Å²) in [6, 6.07) is 0. The summed E-state index contributed by atoms with van der Waals surface area (Å²) in [5.41, 5.74) is 0. The molecule has 0 aromatic rings. The van der Waals surface area contributed by atoms with Crippen LogP contribution in [-0.4, -0.2) is 75.0 Å². The van der Waals surface area contributed by atoms with Gasteiger partial charge in [-0.3, -0.25) is 4.79 Å². The van der Waals surface area contributed by atoms with Crippen LogP contribution in [0.3, 0.4) is 0 Å². The molecule has 7 nitrogen and oxygen atoms in total. The van der Waals surface area contributed by atoms with Gasteiger partial charge in [-0.05, 0) is 12.8 Å². The molecule has 1 unspecified atom stereocenters. The molecule has 4 N–H and O–H groups in total. The lowest BCUT2D eigenvalue weighted by molar-refractivity contribution is -0.262. The monoisotopic (exact) mass is 614 g/mol. The number of hydrogen-bond donors (Lipinski definition) is 4. The number of carbonyl (C=O) groups excluding carboxylic acids is 1. The van der Waals surface area contributed by atoms with E-state index >= 15 is 0 Å². The molecule has 0 bridgehead atoms. The number of ether oxygens (including phenoxy) is 1. The lowest BCUT2D eigenvalue weighted by Gasteiger charge is -2.44. The number of aliphatic hydroxyl groups excluding tert-OH is 4. The van der Waals surface area contributed by atoms with Crippen molar-refractivity contribution in [2.24, 2.45) is 0 Å². The van der Waals surface area contributed by atoms with E-state index in [1.165, 1.54) is 122 Å². The quantitative estimate of drug-likeness (QED) is 0.0641. The van der Waals surface area contributed by atoms with E-state index in [1.54, 1.807) is 4.90 Å². The second kappa shape index (κ2) is 27.6. The zero-order valence-electron chi connectivity index (χ0n) is 28.2. The van der Waals surface area contributed by atoms with Gasteiger partial charge >= 0.3 is 0 Å². The Kier molecular flexibility index (Phi) is 25.8. The predicted molar refractivity (Wildman–Crippen MR) is 177 cm³/mol. The minimum Gasteiger partial charge on any atom is -0.394 e. The van der Waals surface area contributed by atoms with Gasteiger partial charge in [0.2, 0.25) is 5.91 Å². The van der Waals surface area contributed by atoms with Crippen LogP contribution in [0.2, 0.25) is 0 Å². The van der Waals surface area contributed by atoms with E-state index in [2.05, 4.69) is 13.8 Å². The molecular formula is C36H71NO6. The summed E-state index contributed by atoms with van der Waals surface area (Å²) in [5, 5.41) is 40.9. The Balaban J connectivity index is 2.34. The van der Waals surface area contributed by atoms with Crippen molar-refractivity contribution in [2.75, 3.05) is 13.2 Å². The fourth-order valence-electron chi connectivity index (χ4n) is 6.29. The van der Waals surface area contributed by atoms with Crippen LogP contribution < -0.4 is 0 Å². The van der Waals surface area contributed by atoms with Gasteiger partial charge in [0, 0.05) is 13.0 Å². The molecule has 256 valence electrons. The summed E-state index contributed by atoms with van der Waals surface area (Å²) in [4.78, 5) is 14.9. The largest absolute Gasteiger partial charge is 0.394 e. The van der Waals surface area contributed by atoms with Gasteiger partial charge in [0.15, 0.2) is 6.23 Å². The maximum atomic E-state index is 13.3. The van der Waals surface area contributed by atoms with E-state index in [0.717, 1.165) is 38.5 Å². The highest BCUT2D eigenvalue weighted by Gasteiger charge is 2.46. The maximum absolute atomic E-state index is 13.3. The van der Waals surface area contributed by atoms with Gasteiger partial charge in [-0.15, -0.1) is 0 Å². The van der Waals surface area contributed by atoms with Crippen molar-refractivity contribution in [2.45, 2.75) is 211 Å². The molecule has 1 aliphatic heterocycles. The van der Waals surface area contributed by atoms with Crippen molar-refractivity contribution in [3.8, 4) is 0 Å². The minimum atomic E-state index is -1.47. The van der Waals surface area contributed by atoms with Crippen LogP contribution in [-0.2, 0) is 9.53 Å². The molecule has 1 aliphatic rings. The molecule has 1 amide bonds. The number of rotatable bonds is 29. The van der Waals surface area contributed by atoms with Gasteiger partial charge in [-0.1, -0.05) is 162 Å². The standard InChI is InChI=1S/C36H71NO6/c1-3-5-7-9-11-13-15-16-17-18-19-20-22-24-26-28-32(39)37(29-27-25-23-21-14-12-10-8-6-4-2)36-35(42)34(41)33(40)31(30-38)43-36/h31,33-36,38,40-42H,3-30H2,1-2H3/t31-,33+,34+,35-,36?/m1/s1. The Hall–Kier alpha value is -0.730. The molecule has 0 spiro atoms. The van der Waals surface area contributed by atoms with E-state index in [4.69, 9.17) is 4.74 Å². The number of aliphatic hydroxyl groups is 4. The highest BCUT2D eigenvalue weighted by Crippen LogP contribution is 2.25. The summed E-state index contributed by atoms with van der Waals surface area (Å²) in [6.07, 6.45) is 24.9. The van der Waals surface area contributed by atoms with Crippen molar-refractivity contribution in [1.29, 1.82) is 0 Å². The molecule has 5 atom stereocenters. The SMILES string of the molecule is CCCCCCCCCCCCCCCCCC(=O)N(CCCCCCCCCCCC)C1O[C@H](CO)[C@H](O)[C@H](O)[C@H]1O. The normalized spacial score (nSPS) is 22.2. The molecular weight excluding hydrogens is 542 g/mol. The van der Waals surface area contributed by atoms with E-state index in [9.17, 15) is 25.2 Å². The predicted octanol–water partition coefficient (Wildman–Crippen LogP) is 7.80. The third kappa shape index (κ3) is 18.7. The lowest BCUT2D eigenvalue weighted by Crippen LogP contribution is -2.64. The lowest BCUT2D eigenvalue weighted by atomic mass is 9.97. The second-order valence-corrected chi connectivity index (χ2v) is 13.2. The number of unbranched alkanes of at least 4 members (excludes halogenated alkanes) is 23. The maximum Gasteiger partial charge on any atom is 0.224 e. The zero-order chi connectivity index (χ0) is 31.5. The summed E-state index contributed by atoms with van der Waals surface area (Å²) < 4.78 is 5.78. The van der Waals surface area contributed by atoms with Crippen LogP contribution in [0.15, 0.2) is 0 Å². The van der Waals surface area contributed by atoms with Gasteiger partial charge in [-0.2, -0.15) is 0 Å². The van der Waals surface area contributed by atoms with Crippen molar-refractivity contribution in [1.82, 2.24) is 4.90 Å². The molecule has 0 aromatic heterocycles. The van der Waals surface area contributed by atoms with Crippen LogP contribution in [0.1, 0.15) is 181 Å². The van der Waals surface area contributed by atoms with Crippen LogP contribution in [0.5, 0.6) is 0 Å². The van der Waals surface area contributed by atoms with Crippen molar-refractivity contribution in [3.63, 3.8) is 0 Å². The van der Waals surface area contributed by atoms with Crippen molar-refractivity contribution in [3.05, 3.63) is 0 Å². The van der Waals surface area contributed by atoms with Gasteiger partial charge in [0.05, 0.1) is 6.61 Å². The van der Waals surface area contributed by atoms with Crippen LogP contribution in [0.25, 0.3) is 0 Å². The average Bonchev–Trinajstić information content (AvgIpc) is 3.01. The first kappa shape index (κ1) is 40.3. The number of carbonyl (C=O) groups is 1. The average molecular weight is 614 g/mol. The third-order valence-electron chi connectivity index (χ3n) is 9.24. The first-order chi connectivity index (χ1) is 21.0. The van der Waals surface area contributed by atoms with Crippen LogP contribution in [0, 0.1) is 0 Å². The van der Waals surface area contributed by atoms with Crippen LogP contribution in [0.4, 0.5) is 0 Å². The highest BCUT2D eigenvalue weighted by molar-refractivity contribution is 5.76. The number of amides is 1. The molecule has 0 saturated carbocycles. The fourth-order valence-corrected chi connectivity index (χ4v) is 6.29. The number of hydrogen-bond acceptors (Lipinski definition) is 6.